The molecule has 59 heavy (non-hydrogen) atoms. The van der Waals surface area contributed by atoms with E-state index in [0.29, 0.717) is 22.9 Å². The first-order chi connectivity index (χ1) is 28.4. The van der Waals surface area contributed by atoms with E-state index in [4.69, 9.17) is 14.6 Å². The quantitative estimate of drug-likeness (QED) is 0.0343. The van der Waals surface area contributed by atoms with Crippen LogP contribution in [0.5, 0.6) is 0 Å². The number of aromatic nitrogens is 1. The number of carbonyl (C=O) groups is 4. The lowest BCUT2D eigenvalue weighted by molar-refractivity contribution is -0.158. The molecule has 0 spiro atoms. The van der Waals surface area contributed by atoms with Crippen LogP contribution in [0.3, 0.4) is 0 Å². The van der Waals surface area contributed by atoms with Gasteiger partial charge in [-0.05, 0) is 74.1 Å². The summed E-state index contributed by atoms with van der Waals surface area (Å²) in [6, 6.07) is 35.6. The number of carboxylic acids is 1. The van der Waals surface area contributed by atoms with E-state index >= 15 is 0 Å². The maximum Gasteiger partial charge on any atom is 0.355 e. The molecule has 7 rings (SSSR count). The predicted molar refractivity (Wildman–Crippen MR) is 228 cm³/mol. The summed E-state index contributed by atoms with van der Waals surface area (Å²) in [5.74, 6) is -2.48. The number of carbonyl (C=O) groups excluding carboxylic acids is 3. The fourth-order valence-electron chi connectivity index (χ4n) is 7.07. The third-order valence-corrected chi connectivity index (χ3v) is 11.8. The second-order valence-electron chi connectivity index (χ2n) is 14.9. The van der Waals surface area contributed by atoms with E-state index < -0.39 is 46.3 Å². The number of carboxylic acid groups (broad SMARTS) is 1. The van der Waals surface area contributed by atoms with Crippen molar-refractivity contribution in [3.05, 3.63) is 165 Å². The van der Waals surface area contributed by atoms with Gasteiger partial charge < -0.3 is 25.3 Å². The Hall–Kier alpha value is -6.25. The number of benzene rings is 4. The van der Waals surface area contributed by atoms with Gasteiger partial charge in [-0.25, -0.2) is 14.6 Å². The molecule has 3 N–H and O–H groups in total. The molecule has 0 bridgehead atoms. The Labute approximate surface area is 350 Å². The average molecular weight is 830 g/mol. The summed E-state index contributed by atoms with van der Waals surface area (Å²) in [7, 11) is 0. The Bertz CT molecular complexity index is 2300. The number of hydrogen-bond donors (Lipinski definition) is 3. The average Bonchev–Trinajstić information content (AvgIpc) is 3.70. The van der Waals surface area contributed by atoms with Crippen molar-refractivity contribution in [3.8, 4) is 0 Å². The first kappa shape index (κ1) is 40.9. The topological polar surface area (TPSA) is 160 Å². The van der Waals surface area contributed by atoms with Crippen molar-refractivity contribution in [1.82, 2.24) is 15.2 Å². The van der Waals surface area contributed by atoms with Crippen molar-refractivity contribution in [2.75, 3.05) is 17.7 Å². The highest BCUT2D eigenvalue weighted by Gasteiger charge is 2.55. The van der Waals surface area contributed by atoms with Gasteiger partial charge in [-0.15, -0.1) is 23.1 Å². The van der Waals surface area contributed by atoms with Crippen molar-refractivity contribution in [2.45, 2.75) is 56.7 Å². The minimum atomic E-state index is -1.04. The van der Waals surface area contributed by atoms with Gasteiger partial charge in [0.05, 0.1) is 5.56 Å². The number of rotatable bonds is 14. The molecule has 4 aromatic carbocycles. The van der Waals surface area contributed by atoms with Gasteiger partial charge in [0.2, 0.25) is 0 Å². The number of esters is 1. The normalized spacial score (nSPS) is 16.8. The highest BCUT2D eigenvalue weighted by atomic mass is 32.2. The number of thioether (sulfide) groups is 1. The largest absolute Gasteiger partial charge is 0.478 e. The summed E-state index contributed by atoms with van der Waals surface area (Å²) in [5, 5.41) is 21.7. The summed E-state index contributed by atoms with van der Waals surface area (Å²) in [5.41, 5.74) is 3.06. The standard InChI is InChI=1S/C45H43N5O7S2/c1-5-56-49-35(34-27-59-43(46-34)48-45(31-15-9-6-10-16-31,32-17-11-7-12-18-32)33-19-13-8-14-20-33)38(51)47-36-39(52)50-37(42(55)57-44(2,3)4)30(26-58-40(36)50)25-28-21-23-29(24-22-28)41(53)54/h6-24,27,36,40H,5,25-26H2,1-4H3,(H,46,48)(H,47,51)(H,53,54)/b49-35-/t36-,40-/m1/s1. The van der Waals surface area contributed by atoms with E-state index in [-0.39, 0.29) is 29.3 Å². The number of hydrogen-bond acceptors (Lipinski definition) is 11. The Kier molecular flexibility index (Phi) is 12.0. The maximum atomic E-state index is 14.1. The molecule has 3 heterocycles. The molecule has 0 aliphatic carbocycles. The van der Waals surface area contributed by atoms with Crippen LogP contribution in [0.25, 0.3) is 0 Å². The van der Waals surface area contributed by atoms with Gasteiger partial charge in [-0.3, -0.25) is 14.5 Å². The zero-order valence-corrected chi connectivity index (χ0v) is 34.5. The molecule has 2 aliphatic heterocycles. The van der Waals surface area contributed by atoms with Gasteiger partial charge in [-0.1, -0.05) is 108 Å². The Morgan fingerprint density at radius 2 is 1.46 bits per heavy atom. The van der Waals surface area contributed by atoms with E-state index in [9.17, 15) is 24.3 Å². The van der Waals surface area contributed by atoms with Crippen LogP contribution in [0.4, 0.5) is 5.13 Å². The number of aromatic carboxylic acids is 1. The maximum absolute atomic E-state index is 14.1. The van der Waals surface area contributed by atoms with Crippen molar-refractivity contribution in [2.24, 2.45) is 5.16 Å². The molecule has 2 aliphatic rings. The van der Waals surface area contributed by atoms with E-state index in [1.165, 1.54) is 40.1 Å². The molecule has 12 nitrogen and oxygen atoms in total. The lowest BCUT2D eigenvalue weighted by atomic mass is 9.77. The summed E-state index contributed by atoms with van der Waals surface area (Å²) in [4.78, 5) is 64.9. The van der Waals surface area contributed by atoms with Gasteiger partial charge in [0, 0.05) is 11.1 Å². The molecule has 1 fully saturated rings. The van der Waals surface area contributed by atoms with Crippen LogP contribution in [0.2, 0.25) is 0 Å². The van der Waals surface area contributed by atoms with E-state index in [1.807, 2.05) is 54.6 Å². The van der Waals surface area contributed by atoms with Crippen molar-refractivity contribution < 1.29 is 33.9 Å². The molecular weight excluding hydrogens is 787 g/mol. The van der Waals surface area contributed by atoms with Crippen LogP contribution in [0, 0.1) is 0 Å². The molecule has 14 heteroatoms. The van der Waals surface area contributed by atoms with Crippen LogP contribution < -0.4 is 10.6 Å². The van der Waals surface area contributed by atoms with Crippen LogP contribution >= 0.6 is 23.1 Å². The molecule has 1 aromatic heterocycles. The predicted octanol–water partition coefficient (Wildman–Crippen LogP) is 7.22. The minimum absolute atomic E-state index is 0.110. The fraction of sp³-hybridized carbons (Fsp3) is 0.244. The van der Waals surface area contributed by atoms with Gasteiger partial charge in [0.25, 0.3) is 11.8 Å². The Morgan fingerprint density at radius 1 is 0.881 bits per heavy atom. The summed E-state index contributed by atoms with van der Waals surface area (Å²) in [6.07, 6.45) is 0.292. The van der Waals surface area contributed by atoms with Crippen LogP contribution in [-0.2, 0) is 35.9 Å². The van der Waals surface area contributed by atoms with Gasteiger partial charge >= 0.3 is 11.9 Å². The van der Waals surface area contributed by atoms with E-state index in [1.54, 1.807) is 45.2 Å². The second-order valence-corrected chi connectivity index (χ2v) is 16.8. The molecule has 2 atom stereocenters. The summed E-state index contributed by atoms with van der Waals surface area (Å²) in [6.45, 7) is 7.17. The molecule has 302 valence electrons. The number of oxime groups is 1. The first-order valence-corrected chi connectivity index (χ1v) is 21.0. The molecule has 0 radical (unpaired) electrons. The van der Waals surface area contributed by atoms with E-state index in [2.05, 4.69) is 52.2 Å². The van der Waals surface area contributed by atoms with Crippen molar-refractivity contribution in [1.29, 1.82) is 0 Å². The number of nitrogens with zero attached hydrogens (tertiary/aromatic N) is 3. The van der Waals surface area contributed by atoms with Crippen molar-refractivity contribution in [3.63, 3.8) is 0 Å². The number of anilines is 1. The minimum Gasteiger partial charge on any atom is -0.478 e. The number of amides is 2. The molecule has 0 unspecified atom stereocenters. The second kappa shape index (κ2) is 17.3. The van der Waals surface area contributed by atoms with Gasteiger partial charge in [-0.2, -0.15) is 0 Å². The molecular formula is C45H43N5O7S2. The van der Waals surface area contributed by atoms with E-state index in [0.717, 1.165) is 22.3 Å². The molecule has 0 saturated carbocycles. The summed E-state index contributed by atoms with van der Waals surface area (Å²) < 4.78 is 5.76. The Balaban J connectivity index is 1.16. The van der Waals surface area contributed by atoms with Crippen LogP contribution in [0.15, 0.2) is 137 Å². The number of fused-ring (bicyclic) bond motifs is 1. The highest BCUT2D eigenvalue weighted by Crippen LogP contribution is 2.43. The number of thiazole rings is 1. The van der Waals surface area contributed by atoms with Gasteiger partial charge in [0.15, 0.2) is 10.8 Å². The fourth-order valence-corrected chi connectivity index (χ4v) is 9.17. The third kappa shape index (κ3) is 8.64. The number of ether oxygens (including phenoxy) is 1. The SMILES string of the molecule is CCO/N=C(\C(=O)N[C@@H]1C(=O)N2C(C(=O)OC(C)(C)C)=C(Cc3ccc(C(=O)O)cc3)CS[C@H]12)c1csc(NC(c2ccccc2)(c2ccccc2)c2ccccc2)n1. The Morgan fingerprint density at radius 3 is 1.98 bits per heavy atom. The van der Waals surface area contributed by atoms with Crippen LogP contribution in [-0.4, -0.2) is 73.8 Å². The number of β-lactam (4-membered cyclic amide) rings is 1. The molecule has 2 amide bonds. The van der Waals surface area contributed by atoms with Gasteiger partial charge in [0.1, 0.15) is 40.6 Å². The lowest BCUT2D eigenvalue weighted by Gasteiger charge is -2.50. The first-order valence-electron chi connectivity index (χ1n) is 19.0. The zero-order valence-electron chi connectivity index (χ0n) is 32.9. The zero-order chi connectivity index (χ0) is 41.7. The van der Waals surface area contributed by atoms with Crippen molar-refractivity contribution >= 4 is 57.7 Å². The monoisotopic (exact) mass is 829 g/mol. The third-order valence-electron chi connectivity index (χ3n) is 9.71. The molecule has 1 saturated heterocycles. The molecule has 5 aromatic rings. The summed E-state index contributed by atoms with van der Waals surface area (Å²) >= 11 is 2.71. The van der Waals surface area contributed by atoms with Crippen LogP contribution in [0.1, 0.15) is 66.0 Å². The lowest BCUT2D eigenvalue weighted by Crippen LogP contribution is -2.71. The highest BCUT2D eigenvalue weighted by molar-refractivity contribution is 8.00. The number of nitrogens with one attached hydrogen (secondary N) is 2. The smallest absolute Gasteiger partial charge is 0.355 e.